The van der Waals surface area contributed by atoms with E-state index in [2.05, 4.69) is 10.6 Å². The number of carbonyl (C=O) groups excluding carboxylic acids is 1. The Labute approximate surface area is 117 Å². The highest BCUT2D eigenvalue weighted by Crippen LogP contribution is 2.21. The molecule has 112 valence electrons. The summed E-state index contributed by atoms with van der Waals surface area (Å²) in [5, 5.41) is 10.4. The number of rotatable bonds is 7. The van der Waals surface area contributed by atoms with Crippen LogP contribution in [0.15, 0.2) is 23.1 Å². The number of sulfonamides is 1. The van der Waals surface area contributed by atoms with Crippen molar-refractivity contribution >= 4 is 27.3 Å². The molecule has 0 spiro atoms. The molecular weight excluding hydrogens is 284 g/mol. The molecule has 0 aliphatic heterocycles. The second kappa shape index (κ2) is 7.08. The SMILES string of the molecule is COCCNC(=O)CNc1ccc(S(N)(=O)=O)c(N)c1. The van der Waals surface area contributed by atoms with Crippen LogP contribution in [0.25, 0.3) is 0 Å². The predicted molar refractivity (Wildman–Crippen MR) is 75.6 cm³/mol. The van der Waals surface area contributed by atoms with Crippen LogP contribution < -0.4 is 21.5 Å². The van der Waals surface area contributed by atoms with E-state index in [1.807, 2.05) is 0 Å². The third-order valence-corrected chi connectivity index (χ3v) is 3.38. The molecule has 1 rings (SSSR count). The van der Waals surface area contributed by atoms with Crippen LogP contribution in [0.1, 0.15) is 0 Å². The molecule has 8 nitrogen and oxygen atoms in total. The van der Waals surface area contributed by atoms with Crippen molar-refractivity contribution in [3.63, 3.8) is 0 Å². The number of ether oxygens (including phenoxy) is 1. The van der Waals surface area contributed by atoms with Crippen molar-refractivity contribution in [3.05, 3.63) is 18.2 Å². The Morgan fingerprint density at radius 2 is 2.10 bits per heavy atom. The Hall–Kier alpha value is -1.84. The molecule has 0 fully saturated rings. The number of methoxy groups -OCH3 is 1. The molecular formula is C11H18N4O4S. The standard InChI is InChI=1S/C11H18N4O4S/c1-19-5-4-14-11(16)7-15-8-2-3-10(9(12)6-8)20(13,17)18/h2-3,6,15H,4-5,7,12H2,1H3,(H,14,16)(H2,13,17,18). The number of amides is 1. The summed E-state index contributed by atoms with van der Waals surface area (Å²) in [4.78, 5) is 11.3. The molecule has 0 saturated heterocycles. The maximum Gasteiger partial charge on any atom is 0.240 e. The van der Waals surface area contributed by atoms with E-state index in [0.29, 0.717) is 18.8 Å². The lowest BCUT2D eigenvalue weighted by Crippen LogP contribution is -2.32. The lowest BCUT2D eigenvalue weighted by Gasteiger charge is -2.09. The summed E-state index contributed by atoms with van der Waals surface area (Å²) >= 11 is 0. The number of nitrogen functional groups attached to an aromatic ring is 1. The highest BCUT2D eigenvalue weighted by molar-refractivity contribution is 7.89. The Morgan fingerprint density at radius 1 is 1.40 bits per heavy atom. The van der Waals surface area contributed by atoms with Gasteiger partial charge in [0, 0.05) is 19.3 Å². The van der Waals surface area contributed by atoms with Crippen LogP contribution in [0.5, 0.6) is 0 Å². The lowest BCUT2D eigenvalue weighted by molar-refractivity contribution is -0.119. The van der Waals surface area contributed by atoms with Gasteiger partial charge in [0.2, 0.25) is 15.9 Å². The van der Waals surface area contributed by atoms with E-state index in [1.54, 1.807) is 7.11 Å². The first kappa shape index (κ1) is 16.2. The van der Waals surface area contributed by atoms with Crippen molar-refractivity contribution in [1.29, 1.82) is 0 Å². The number of carbonyl (C=O) groups is 1. The molecule has 0 bridgehead atoms. The molecule has 0 aliphatic rings. The van der Waals surface area contributed by atoms with E-state index in [4.69, 9.17) is 15.6 Å². The smallest absolute Gasteiger partial charge is 0.240 e. The second-order valence-electron chi connectivity index (χ2n) is 3.99. The van der Waals surface area contributed by atoms with Gasteiger partial charge in [-0.05, 0) is 18.2 Å². The number of benzene rings is 1. The van der Waals surface area contributed by atoms with E-state index in [1.165, 1.54) is 18.2 Å². The van der Waals surface area contributed by atoms with Crippen molar-refractivity contribution in [2.45, 2.75) is 4.90 Å². The lowest BCUT2D eigenvalue weighted by atomic mass is 10.3. The fraction of sp³-hybridized carbons (Fsp3) is 0.364. The largest absolute Gasteiger partial charge is 0.398 e. The molecule has 0 atom stereocenters. The highest BCUT2D eigenvalue weighted by atomic mass is 32.2. The molecule has 1 aromatic carbocycles. The number of nitrogens with two attached hydrogens (primary N) is 2. The van der Waals surface area contributed by atoms with Gasteiger partial charge in [-0.3, -0.25) is 4.79 Å². The summed E-state index contributed by atoms with van der Waals surface area (Å²) < 4.78 is 27.2. The van der Waals surface area contributed by atoms with Crippen LogP contribution in [-0.4, -0.2) is 41.1 Å². The minimum atomic E-state index is -3.84. The molecule has 0 heterocycles. The third-order valence-electron chi connectivity index (χ3n) is 2.40. The van der Waals surface area contributed by atoms with Crippen LogP contribution >= 0.6 is 0 Å². The number of hydrogen-bond acceptors (Lipinski definition) is 6. The van der Waals surface area contributed by atoms with Gasteiger partial charge in [-0.1, -0.05) is 0 Å². The molecule has 9 heteroatoms. The molecule has 1 aromatic rings. The fourth-order valence-corrected chi connectivity index (χ4v) is 2.10. The summed E-state index contributed by atoms with van der Waals surface area (Å²) in [6.45, 7) is 0.892. The molecule has 0 saturated carbocycles. The van der Waals surface area contributed by atoms with Crippen LogP contribution in [-0.2, 0) is 19.6 Å². The normalized spacial score (nSPS) is 11.1. The molecule has 0 aromatic heterocycles. The van der Waals surface area contributed by atoms with Gasteiger partial charge in [0.1, 0.15) is 4.90 Å². The fourth-order valence-electron chi connectivity index (χ4n) is 1.45. The van der Waals surface area contributed by atoms with Gasteiger partial charge in [0.25, 0.3) is 0 Å². The Balaban J connectivity index is 2.58. The average molecular weight is 302 g/mol. The minimum Gasteiger partial charge on any atom is -0.398 e. The zero-order valence-electron chi connectivity index (χ0n) is 11.0. The molecule has 0 unspecified atom stereocenters. The Kier molecular flexibility index (Phi) is 5.74. The predicted octanol–water partition coefficient (Wildman–Crippen LogP) is -0.909. The van der Waals surface area contributed by atoms with Crippen LogP contribution in [0.4, 0.5) is 11.4 Å². The van der Waals surface area contributed by atoms with Gasteiger partial charge in [-0.15, -0.1) is 0 Å². The first-order chi connectivity index (χ1) is 9.34. The molecule has 1 amide bonds. The van der Waals surface area contributed by atoms with Crippen molar-refractivity contribution < 1.29 is 17.9 Å². The van der Waals surface area contributed by atoms with Gasteiger partial charge in [0.05, 0.1) is 18.8 Å². The van der Waals surface area contributed by atoms with Gasteiger partial charge in [-0.25, -0.2) is 13.6 Å². The summed E-state index contributed by atoms with van der Waals surface area (Å²) in [5.41, 5.74) is 6.15. The zero-order chi connectivity index (χ0) is 15.2. The summed E-state index contributed by atoms with van der Waals surface area (Å²) in [6.07, 6.45) is 0. The number of nitrogens with one attached hydrogen (secondary N) is 2. The number of hydrogen-bond donors (Lipinski definition) is 4. The monoisotopic (exact) mass is 302 g/mol. The van der Waals surface area contributed by atoms with Crippen molar-refractivity contribution in [2.24, 2.45) is 5.14 Å². The van der Waals surface area contributed by atoms with Crippen LogP contribution in [0.2, 0.25) is 0 Å². The first-order valence-corrected chi connectivity index (χ1v) is 7.31. The summed E-state index contributed by atoms with van der Waals surface area (Å²) in [5.74, 6) is -0.212. The number of anilines is 2. The maximum atomic E-state index is 11.4. The van der Waals surface area contributed by atoms with Crippen LogP contribution in [0.3, 0.4) is 0 Å². The van der Waals surface area contributed by atoms with Gasteiger partial charge >= 0.3 is 0 Å². The van der Waals surface area contributed by atoms with Crippen molar-refractivity contribution in [1.82, 2.24) is 5.32 Å². The summed E-state index contributed by atoms with van der Waals surface area (Å²) in [7, 11) is -2.30. The van der Waals surface area contributed by atoms with Crippen molar-refractivity contribution in [3.8, 4) is 0 Å². The van der Waals surface area contributed by atoms with E-state index < -0.39 is 10.0 Å². The maximum absolute atomic E-state index is 11.4. The van der Waals surface area contributed by atoms with E-state index >= 15 is 0 Å². The van der Waals surface area contributed by atoms with E-state index in [9.17, 15) is 13.2 Å². The van der Waals surface area contributed by atoms with Gasteiger partial charge < -0.3 is 21.1 Å². The number of primary sulfonamides is 1. The highest BCUT2D eigenvalue weighted by Gasteiger charge is 2.12. The van der Waals surface area contributed by atoms with Gasteiger partial charge in [0.15, 0.2) is 0 Å². The molecule has 20 heavy (non-hydrogen) atoms. The second-order valence-corrected chi connectivity index (χ2v) is 5.52. The zero-order valence-corrected chi connectivity index (χ0v) is 11.9. The van der Waals surface area contributed by atoms with E-state index in [-0.39, 0.29) is 23.0 Å². The van der Waals surface area contributed by atoms with E-state index in [0.717, 1.165) is 0 Å². The van der Waals surface area contributed by atoms with Crippen molar-refractivity contribution in [2.75, 3.05) is 37.9 Å². The summed E-state index contributed by atoms with van der Waals surface area (Å²) in [6, 6.07) is 4.18. The molecule has 0 radical (unpaired) electrons. The molecule has 6 N–H and O–H groups in total. The Morgan fingerprint density at radius 3 is 2.65 bits per heavy atom. The molecule has 0 aliphatic carbocycles. The topological polar surface area (TPSA) is 137 Å². The minimum absolute atomic E-state index is 0.0253. The average Bonchev–Trinajstić information content (AvgIpc) is 2.35. The van der Waals surface area contributed by atoms with Crippen LogP contribution in [0, 0.1) is 0 Å². The first-order valence-electron chi connectivity index (χ1n) is 5.76. The van der Waals surface area contributed by atoms with Gasteiger partial charge in [-0.2, -0.15) is 0 Å². The Bertz CT molecular complexity index is 574. The third kappa shape index (κ3) is 5.03. The quantitative estimate of drug-likeness (QED) is 0.380.